The van der Waals surface area contributed by atoms with Crippen molar-refractivity contribution in [3.8, 4) is 5.75 Å². The number of furan rings is 1. The van der Waals surface area contributed by atoms with Crippen molar-refractivity contribution in [1.82, 2.24) is 13.1 Å². The predicted molar refractivity (Wildman–Crippen MR) is 111 cm³/mol. The van der Waals surface area contributed by atoms with Gasteiger partial charge in [-0.25, -0.2) is 4.31 Å². The molecular weight excluding hydrogens is 402 g/mol. The molecule has 0 aromatic carbocycles. The van der Waals surface area contributed by atoms with Gasteiger partial charge in [-0.2, -0.15) is 8.75 Å². The summed E-state index contributed by atoms with van der Waals surface area (Å²) in [5.74, 6) is 3.30. The third-order valence-electron chi connectivity index (χ3n) is 4.40. The number of hydrogen-bond acceptors (Lipinski definition) is 10. The lowest BCUT2D eigenvalue weighted by Crippen LogP contribution is -2.07. The third kappa shape index (κ3) is 4.23. The maximum Gasteiger partial charge on any atom is 0.188 e. The van der Waals surface area contributed by atoms with E-state index in [0.29, 0.717) is 23.9 Å². The van der Waals surface area contributed by atoms with Crippen LogP contribution in [0.15, 0.2) is 20.1 Å². The first kappa shape index (κ1) is 18.6. The number of rotatable bonds is 7. The van der Waals surface area contributed by atoms with Crippen LogP contribution in [0.25, 0.3) is 0 Å². The zero-order chi connectivity index (χ0) is 18.8. The van der Waals surface area contributed by atoms with Crippen molar-refractivity contribution in [1.29, 1.82) is 0 Å². The summed E-state index contributed by atoms with van der Waals surface area (Å²) in [5.41, 5.74) is 1.79. The molecule has 4 heterocycles. The molecule has 0 amide bonds. The van der Waals surface area contributed by atoms with Gasteiger partial charge in [-0.15, -0.1) is 11.3 Å². The van der Waals surface area contributed by atoms with E-state index in [1.807, 2.05) is 25.3 Å². The second-order valence-corrected chi connectivity index (χ2v) is 9.18. The molecule has 7 nitrogen and oxygen atoms in total. The van der Waals surface area contributed by atoms with Gasteiger partial charge >= 0.3 is 0 Å². The van der Waals surface area contributed by atoms with Gasteiger partial charge < -0.3 is 20.2 Å². The lowest BCUT2D eigenvalue weighted by atomic mass is 10.3. The number of nitrogens with one attached hydrogen (secondary N) is 2. The summed E-state index contributed by atoms with van der Waals surface area (Å²) in [4.78, 5) is 0. The number of anilines is 3. The van der Waals surface area contributed by atoms with Crippen LogP contribution in [0.4, 0.5) is 17.3 Å². The minimum Gasteiger partial charge on any atom is -0.504 e. The summed E-state index contributed by atoms with van der Waals surface area (Å²) in [5, 5.41) is 18.9. The van der Waals surface area contributed by atoms with Crippen LogP contribution in [0.3, 0.4) is 0 Å². The molecule has 3 aromatic heterocycles. The summed E-state index contributed by atoms with van der Waals surface area (Å²) in [6.45, 7) is 6.64. The van der Waals surface area contributed by atoms with Gasteiger partial charge in [0.15, 0.2) is 17.4 Å². The lowest BCUT2D eigenvalue weighted by molar-refractivity contribution is 0.468. The molecule has 0 radical (unpaired) electrons. The molecule has 4 rings (SSSR count). The van der Waals surface area contributed by atoms with Crippen molar-refractivity contribution < 1.29 is 9.52 Å². The molecule has 144 valence electrons. The second-order valence-electron chi connectivity index (χ2n) is 6.40. The van der Waals surface area contributed by atoms with Crippen molar-refractivity contribution in [2.45, 2.75) is 37.4 Å². The van der Waals surface area contributed by atoms with Crippen LogP contribution in [0.5, 0.6) is 5.75 Å². The van der Waals surface area contributed by atoms with Crippen LogP contribution in [0.2, 0.25) is 0 Å². The molecule has 10 heteroatoms. The van der Waals surface area contributed by atoms with Crippen LogP contribution in [0, 0.1) is 13.8 Å². The molecule has 0 aliphatic carbocycles. The average Bonchev–Trinajstić information content (AvgIpc) is 3.42. The molecule has 0 atom stereocenters. The van der Waals surface area contributed by atoms with Gasteiger partial charge in [0.25, 0.3) is 0 Å². The Labute approximate surface area is 170 Å². The van der Waals surface area contributed by atoms with Gasteiger partial charge in [0, 0.05) is 18.5 Å². The van der Waals surface area contributed by atoms with E-state index < -0.39 is 0 Å². The summed E-state index contributed by atoms with van der Waals surface area (Å²) >= 11 is 4.28. The third-order valence-corrected chi connectivity index (χ3v) is 7.18. The topological polar surface area (TPSA) is 86.5 Å². The van der Waals surface area contributed by atoms with Gasteiger partial charge in [0.2, 0.25) is 0 Å². The minimum absolute atomic E-state index is 0.271. The van der Waals surface area contributed by atoms with Crippen molar-refractivity contribution in [2.75, 3.05) is 23.7 Å². The van der Waals surface area contributed by atoms with Crippen LogP contribution in [0.1, 0.15) is 29.9 Å². The second kappa shape index (κ2) is 8.09. The molecule has 1 aliphatic heterocycles. The predicted octanol–water partition coefficient (Wildman–Crippen LogP) is 4.97. The molecule has 0 saturated carbocycles. The highest BCUT2D eigenvalue weighted by Gasteiger charge is 2.19. The first-order chi connectivity index (χ1) is 13.1. The lowest BCUT2D eigenvalue weighted by Gasteiger charge is -2.11. The fourth-order valence-corrected chi connectivity index (χ4v) is 5.41. The number of aryl methyl sites for hydroxylation is 2. The van der Waals surface area contributed by atoms with Crippen molar-refractivity contribution in [3.05, 3.63) is 28.5 Å². The SMILES string of the molecule is Cc1cc(CNc2nsnc2Nc2csc(SN3CCCC3)c2O)oc1C. The van der Waals surface area contributed by atoms with Crippen molar-refractivity contribution in [3.63, 3.8) is 0 Å². The van der Waals surface area contributed by atoms with Crippen LogP contribution in [-0.4, -0.2) is 31.2 Å². The number of aromatic nitrogens is 2. The molecule has 0 unspecified atom stereocenters. The highest BCUT2D eigenvalue weighted by Crippen LogP contribution is 2.44. The van der Waals surface area contributed by atoms with E-state index in [-0.39, 0.29) is 5.75 Å². The largest absolute Gasteiger partial charge is 0.504 e. The Bertz CT molecular complexity index is 894. The van der Waals surface area contributed by atoms with Gasteiger partial charge in [-0.3, -0.25) is 0 Å². The molecule has 3 N–H and O–H groups in total. The van der Waals surface area contributed by atoms with Gasteiger partial charge in [-0.05, 0) is 50.3 Å². The Balaban J connectivity index is 1.41. The van der Waals surface area contributed by atoms with E-state index in [1.54, 1.807) is 11.9 Å². The number of thiophene rings is 1. The summed E-state index contributed by atoms with van der Waals surface area (Å²) in [6.07, 6.45) is 2.44. The minimum atomic E-state index is 0.271. The molecule has 1 fully saturated rings. The quantitative estimate of drug-likeness (QED) is 0.459. The molecule has 1 aliphatic rings. The van der Waals surface area contributed by atoms with E-state index in [0.717, 1.165) is 46.1 Å². The molecule has 1 saturated heterocycles. The summed E-state index contributed by atoms with van der Waals surface area (Å²) in [7, 11) is 0. The molecular formula is C17H21N5O2S3. The zero-order valence-corrected chi connectivity index (χ0v) is 17.6. The number of nitrogens with zero attached hydrogens (tertiary/aromatic N) is 3. The molecule has 0 spiro atoms. The summed E-state index contributed by atoms with van der Waals surface area (Å²) in [6, 6.07) is 2.02. The highest BCUT2D eigenvalue weighted by molar-refractivity contribution is 7.99. The van der Waals surface area contributed by atoms with Crippen LogP contribution < -0.4 is 10.6 Å². The van der Waals surface area contributed by atoms with Gasteiger partial charge in [-0.1, -0.05) is 0 Å². The standard InChI is InChI=1S/C17H21N5O2S3/c1-10-7-12(24-11(10)2)8-18-15-16(21-27-20-15)19-13-9-25-17(14(13)23)26-22-5-3-4-6-22/h7,9,23H,3-6,8H2,1-2H3,(H,18,20)(H,19,21). The molecule has 3 aromatic rings. The van der Waals surface area contributed by atoms with E-state index >= 15 is 0 Å². The van der Waals surface area contributed by atoms with Gasteiger partial charge in [0.05, 0.1) is 24.0 Å². The van der Waals surface area contributed by atoms with E-state index in [2.05, 4.69) is 23.7 Å². The van der Waals surface area contributed by atoms with E-state index in [9.17, 15) is 5.11 Å². The number of aromatic hydroxyl groups is 1. The fourth-order valence-electron chi connectivity index (χ4n) is 2.81. The highest BCUT2D eigenvalue weighted by atomic mass is 32.2. The van der Waals surface area contributed by atoms with Crippen LogP contribution in [-0.2, 0) is 6.54 Å². The Morgan fingerprint density at radius 3 is 2.78 bits per heavy atom. The Hall–Kier alpha value is -1.75. The van der Waals surface area contributed by atoms with Crippen molar-refractivity contribution >= 4 is 52.3 Å². The summed E-state index contributed by atoms with van der Waals surface area (Å²) < 4.78 is 17.5. The normalized spacial score (nSPS) is 14.7. The first-order valence-corrected chi connectivity index (χ1v) is 11.1. The number of hydrogen-bond donors (Lipinski definition) is 3. The van der Waals surface area contributed by atoms with E-state index in [4.69, 9.17) is 4.42 Å². The maximum absolute atomic E-state index is 10.5. The first-order valence-electron chi connectivity index (χ1n) is 8.73. The van der Waals surface area contributed by atoms with Crippen LogP contribution >= 0.6 is 35.0 Å². The fraction of sp³-hybridized carbons (Fsp3) is 0.412. The zero-order valence-electron chi connectivity index (χ0n) is 15.1. The van der Waals surface area contributed by atoms with Gasteiger partial charge in [0.1, 0.15) is 15.7 Å². The Morgan fingerprint density at radius 2 is 2.04 bits per heavy atom. The average molecular weight is 424 g/mol. The molecule has 0 bridgehead atoms. The monoisotopic (exact) mass is 423 g/mol. The Morgan fingerprint density at radius 1 is 1.26 bits per heavy atom. The Kier molecular flexibility index (Phi) is 5.58. The van der Waals surface area contributed by atoms with Crippen molar-refractivity contribution in [2.24, 2.45) is 0 Å². The molecule has 27 heavy (non-hydrogen) atoms. The maximum atomic E-state index is 10.5. The smallest absolute Gasteiger partial charge is 0.188 e. The van der Waals surface area contributed by atoms with E-state index in [1.165, 1.54) is 24.2 Å².